The largest absolute Gasteiger partial charge is 0.465 e. The minimum atomic E-state index is -1.28. The van der Waals surface area contributed by atoms with E-state index in [0.717, 1.165) is 10.5 Å². The van der Waals surface area contributed by atoms with Crippen LogP contribution in [0.3, 0.4) is 0 Å². The van der Waals surface area contributed by atoms with Crippen molar-refractivity contribution in [3.63, 3.8) is 0 Å². The molecule has 0 saturated carbocycles. The lowest BCUT2D eigenvalue weighted by Gasteiger charge is -2.32. The third-order valence-electron chi connectivity index (χ3n) is 4.82. The first-order valence-electron chi connectivity index (χ1n) is 9.24. The first kappa shape index (κ1) is 20.5. The highest BCUT2D eigenvalue weighted by Crippen LogP contribution is 2.44. The summed E-state index contributed by atoms with van der Waals surface area (Å²) in [6, 6.07) is 16.9. The fourth-order valence-corrected chi connectivity index (χ4v) is 4.23. The predicted molar refractivity (Wildman–Crippen MR) is 111 cm³/mol. The first-order valence-corrected chi connectivity index (χ1v) is 10.1. The van der Waals surface area contributed by atoms with E-state index in [-0.39, 0.29) is 25.2 Å². The summed E-state index contributed by atoms with van der Waals surface area (Å²) in [5.74, 6) is -0.495. The molecule has 0 spiro atoms. The predicted octanol–water partition coefficient (Wildman–Crippen LogP) is 4.60. The molecule has 0 fully saturated rings. The lowest BCUT2D eigenvalue weighted by atomic mass is 9.72. The van der Waals surface area contributed by atoms with Crippen LogP contribution in [0.15, 0.2) is 59.5 Å². The standard InChI is InChI=1S/C23H20N2O3S/c1-2-28-22(26)23(11-10-18(15-27-16-23)20-9-6-12-29-20)21(19(13-24)14-25)17-7-4-3-5-8-17/h3-10,12H,2,11,15-16H2,1H3. The fraction of sp³-hybridized carbons (Fsp3) is 0.261. The molecule has 0 aliphatic carbocycles. The van der Waals surface area contributed by atoms with Crippen LogP contribution in [0.25, 0.3) is 11.1 Å². The van der Waals surface area contributed by atoms with Gasteiger partial charge in [0, 0.05) is 10.5 Å². The van der Waals surface area contributed by atoms with Crippen molar-refractivity contribution in [2.24, 2.45) is 5.41 Å². The number of ether oxygens (including phenoxy) is 2. The minimum Gasteiger partial charge on any atom is -0.465 e. The molecule has 2 aromatic rings. The molecule has 3 rings (SSSR count). The highest BCUT2D eigenvalue weighted by molar-refractivity contribution is 7.11. The monoisotopic (exact) mass is 404 g/mol. The van der Waals surface area contributed by atoms with E-state index >= 15 is 0 Å². The summed E-state index contributed by atoms with van der Waals surface area (Å²) in [4.78, 5) is 14.3. The Kier molecular flexibility index (Phi) is 6.61. The molecular weight excluding hydrogens is 384 g/mol. The Bertz CT molecular complexity index is 995. The molecule has 2 heterocycles. The molecule has 1 aromatic heterocycles. The van der Waals surface area contributed by atoms with Gasteiger partial charge < -0.3 is 9.47 Å². The van der Waals surface area contributed by atoms with Crippen LogP contribution in [-0.4, -0.2) is 25.8 Å². The van der Waals surface area contributed by atoms with E-state index in [1.165, 1.54) is 0 Å². The Labute approximate surface area is 174 Å². The Morgan fingerprint density at radius 3 is 2.59 bits per heavy atom. The van der Waals surface area contributed by atoms with E-state index in [2.05, 4.69) is 0 Å². The van der Waals surface area contributed by atoms with Crippen molar-refractivity contribution in [1.29, 1.82) is 10.5 Å². The molecule has 1 aliphatic heterocycles. The van der Waals surface area contributed by atoms with Crippen molar-refractivity contribution < 1.29 is 14.3 Å². The number of rotatable bonds is 5. The van der Waals surface area contributed by atoms with Gasteiger partial charge in [-0.1, -0.05) is 42.5 Å². The number of benzene rings is 1. The number of hydrogen-bond acceptors (Lipinski definition) is 6. The van der Waals surface area contributed by atoms with Crippen LogP contribution in [-0.2, 0) is 14.3 Å². The molecule has 5 nitrogen and oxygen atoms in total. The summed E-state index contributed by atoms with van der Waals surface area (Å²) in [7, 11) is 0. The molecule has 1 atom stereocenters. The van der Waals surface area contributed by atoms with E-state index < -0.39 is 11.4 Å². The fourth-order valence-electron chi connectivity index (χ4n) is 3.47. The van der Waals surface area contributed by atoms with E-state index in [1.807, 2.05) is 53.9 Å². The van der Waals surface area contributed by atoms with Crippen LogP contribution in [0, 0.1) is 28.1 Å². The van der Waals surface area contributed by atoms with Gasteiger partial charge in [-0.15, -0.1) is 11.3 Å². The smallest absolute Gasteiger partial charge is 0.319 e. The number of nitrogens with zero attached hydrogens (tertiary/aromatic N) is 2. The molecule has 0 amide bonds. The normalized spacial score (nSPS) is 18.5. The van der Waals surface area contributed by atoms with E-state index in [1.54, 1.807) is 30.4 Å². The summed E-state index contributed by atoms with van der Waals surface area (Å²) < 4.78 is 11.3. The van der Waals surface area contributed by atoms with Crippen molar-refractivity contribution in [1.82, 2.24) is 0 Å². The maximum Gasteiger partial charge on any atom is 0.319 e. The highest BCUT2D eigenvalue weighted by atomic mass is 32.1. The molecule has 29 heavy (non-hydrogen) atoms. The second-order valence-corrected chi connectivity index (χ2v) is 7.49. The van der Waals surface area contributed by atoms with Crippen molar-refractivity contribution >= 4 is 28.5 Å². The van der Waals surface area contributed by atoms with Crippen LogP contribution >= 0.6 is 11.3 Å². The molecule has 1 aliphatic rings. The zero-order valence-corrected chi connectivity index (χ0v) is 16.9. The highest BCUT2D eigenvalue weighted by Gasteiger charge is 2.46. The summed E-state index contributed by atoms with van der Waals surface area (Å²) in [5, 5.41) is 21.3. The lowest BCUT2D eigenvalue weighted by Crippen LogP contribution is -2.38. The molecule has 0 N–H and O–H groups in total. The maximum absolute atomic E-state index is 13.2. The Morgan fingerprint density at radius 2 is 1.97 bits per heavy atom. The van der Waals surface area contributed by atoms with Crippen LogP contribution in [0.4, 0.5) is 0 Å². The summed E-state index contributed by atoms with van der Waals surface area (Å²) in [6.07, 6.45) is 2.24. The summed E-state index contributed by atoms with van der Waals surface area (Å²) in [6.45, 7) is 2.29. The number of hydrogen-bond donors (Lipinski definition) is 0. The van der Waals surface area contributed by atoms with E-state index in [0.29, 0.717) is 17.7 Å². The maximum atomic E-state index is 13.2. The lowest BCUT2D eigenvalue weighted by molar-refractivity contribution is -0.154. The Balaban J connectivity index is 2.20. The number of carbonyl (C=O) groups is 1. The number of thiophene rings is 1. The van der Waals surface area contributed by atoms with Gasteiger partial charge in [-0.2, -0.15) is 10.5 Å². The van der Waals surface area contributed by atoms with Gasteiger partial charge in [0.05, 0.1) is 19.8 Å². The van der Waals surface area contributed by atoms with Crippen molar-refractivity contribution in [2.45, 2.75) is 13.3 Å². The van der Waals surface area contributed by atoms with Gasteiger partial charge in [0.15, 0.2) is 0 Å². The van der Waals surface area contributed by atoms with Crippen molar-refractivity contribution in [2.75, 3.05) is 19.8 Å². The van der Waals surface area contributed by atoms with Gasteiger partial charge >= 0.3 is 5.97 Å². The quantitative estimate of drug-likeness (QED) is 0.537. The third kappa shape index (κ3) is 4.14. The average molecular weight is 404 g/mol. The molecular formula is C23H20N2O3S. The van der Waals surface area contributed by atoms with Gasteiger partial charge in [0.25, 0.3) is 0 Å². The zero-order chi connectivity index (χ0) is 20.7. The molecule has 146 valence electrons. The van der Waals surface area contributed by atoms with Gasteiger partial charge in [-0.05, 0) is 35.9 Å². The SMILES string of the molecule is CCOC(=O)C1(C(=C(C#N)C#N)c2ccccc2)CC=C(c2cccs2)COC1. The van der Waals surface area contributed by atoms with Crippen molar-refractivity contribution in [3.8, 4) is 12.1 Å². The zero-order valence-electron chi connectivity index (χ0n) is 16.1. The molecule has 6 heteroatoms. The molecule has 0 radical (unpaired) electrons. The second kappa shape index (κ2) is 9.34. The van der Waals surface area contributed by atoms with Crippen molar-refractivity contribution in [3.05, 3.63) is 69.9 Å². The first-order chi connectivity index (χ1) is 14.2. The molecule has 1 unspecified atom stereocenters. The van der Waals surface area contributed by atoms with Gasteiger partial charge in [0.2, 0.25) is 0 Å². The average Bonchev–Trinajstić information content (AvgIpc) is 3.19. The Morgan fingerprint density at radius 1 is 1.21 bits per heavy atom. The number of carbonyl (C=O) groups excluding carboxylic acids is 1. The number of allylic oxidation sites excluding steroid dienone is 2. The van der Waals surface area contributed by atoms with Crippen LogP contribution in [0.1, 0.15) is 23.8 Å². The Hall–Kier alpha value is -3.19. The summed E-state index contributed by atoms with van der Waals surface area (Å²) >= 11 is 1.60. The minimum absolute atomic E-state index is 0.0221. The molecule has 0 saturated heterocycles. The second-order valence-electron chi connectivity index (χ2n) is 6.55. The van der Waals surface area contributed by atoms with Crippen LogP contribution in [0.2, 0.25) is 0 Å². The van der Waals surface area contributed by atoms with Crippen LogP contribution < -0.4 is 0 Å². The number of nitriles is 2. The number of esters is 1. The van der Waals surface area contributed by atoms with Gasteiger partial charge in [0.1, 0.15) is 23.1 Å². The molecule has 1 aromatic carbocycles. The topological polar surface area (TPSA) is 83.1 Å². The van der Waals surface area contributed by atoms with Gasteiger partial charge in [-0.3, -0.25) is 4.79 Å². The van der Waals surface area contributed by atoms with E-state index in [4.69, 9.17) is 9.47 Å². The van der Waals surface area contributed by atoms with Crippen LogP contribution in [0.5, 0.6) is 0 Å². The van der Waals surface area contributed by atoms with E-state index in [9.17, 15) is 15.3 Å². The van der Waals surface area contributed by atoms with Gasteiger partial charge in [-0.25, -0.2) is 0 Å². The summed E-state index contributed by atoms with van der Waals surface area (Å²) in [5.41, 5.74) is 0.576. The molecule has 0 bridgehead atoms. The third-order valence-corrected chi connectivity index (χ3v) is 5.77.